The Kier molecular flexibility index (Phi) is 4.72. The van der Waals surface area contributed by atoms with Crippen LogP contribution in [0.15, 0.2) is 18.2 Å². The van der Waals surface area contributed by atoms with Gasteiger partial charge in [-0.1, -0.05) is 12.8 Å². The Bertz CT molecular complexity index is 513. The van der Waals surface area contributed by atoms with Gasteiger partial charge in [0.1, 0.15) is 6.61 Å². The number of hydrogen-bond acceptors (Lipinski definition) is 3. The predicted octanol–water partition coefficient (Wildman–Crippen LogP) is 3.04. The van der Waals surface area contributed by atoms with E-state index in [4.69, 9.17) is 10.5 Å². The quantitative estimate of drug-likeness (QED) is 0.627. The molecular weight excluding hydrogens is 285 g/mol. The molecule has 1 aliphatic carbocycles. The van der Waals surface area contributed by atoms with Crippen molar-refractivity contribution in [3.63, 3.8) is 0 Å². The molecule has 7 heteroatoms. The second kappa shape index (κ2) is 6.34. The van der Waals surface area contributed by atoms with Crippen LogP contribution in [0.5, 0.6) is 0 Å². The van der Waals surface area contributed by atoms with Crippen LogP contribution in [-0.2, 0) is 15.7 Å². The minimum absolute atomic E-state index is 0.129. The highest BCUT2D eigenvalue weighted by atomic mass is 19.4. The van der Waals surface area contributed by atoms with E-state index in [1.165, 1.54) is 12.8 Å². The van der Waals surface area contributed by atoms with Crippen LogP contribution in [0, 0.1) is 5.92 Å². The van der Waals surface area contributed by atoms with Gasteiger partial charge in [-0.3, -0.25) is 4.79 Å². The van der Waals surface area contributed by atoms with Gasteiger partial charge in [0, 0.05) is 6.61 Å². The summed E-state index contributed by atoms with van der Waals surface area (Å²) in [5.74, 6) is 0.288. The molecule has 1 saturated carbocycles. The van der Waals surface area contributed by atoms with Crippen molar-refractivity contribution >= 4 is 17.3 Å². The Morgan fingerprint density at radius 3 is 2.67 bits per heavy atom. The molecule has 0 aliphatic heterocycles. The number of alkyl halides is 3. The lowest BCUT2D eigenvalue weighted by Crippen LogP contribution is -2.19. The summed E-state index contributed by atoms with van der Waals surface area (Å²) in [5, 5.41) is 2.44. The lowest BCUT2D eigenvalue weighted by atomic mass is 10.1. The number of ether oxygens (including phenoxy) is 1. The van der Waals surface area contributed by atoms with E-state index in [1.807, 2.05) is 0 Å². The number of carbonyl (C=O) groups is 1. The van der Waals surface area contributed by atoms with E-state index in [2.05, 4.69) is 5.32 Å². The fraction of sp³-hybridized carbons (Fsp3) is 0.500. The van der Waals surface area contributed by atoms with E-state index >= 15 is 0 Å². The fourth-order valence-electron chi connectivity index (χ4n) is 1.86. The number of halogens is 3. The number of nitrogen functional groups attached to an aromatic ring is 1. The van der Waals surface area contributed by atoms with E-state index in [9.17, 15) is 18.0 Å². The van der Waals surface area contributed by atoms with Gasteiger partial charge in [-0.2, -0.15) is 13.2 Å². The second-order valence-corrected chi connectivity index (χ2v) is 5.13. The number of rotatable bonds is 6. The average Bonchev–Trinajstić information content (AvgIpc) is 3.20. The Morgan fingerprint density at radius 1 is 1.38 bits per heavy atom. The first-order chi connectivity index (χ1) is 9.86. The summed E-state index contributed by atoms with van der Waals surface area (Å²) in [4.78, 5) is 11.6. The standard InChI is InChI=1S/C14H17F3N2O2/c15-14(16,17)10-3-4-12(11(18)7-10)19-13(20)8-21-6-5-9-1-2-9/h3-4,7,9H,1-2,5-6,8,18H2,(H,19,20). The van der Waals surface area contributed by atoms with Gasteiger partial charge >= 0.3 is 6.18 Å². The molecule has 1 amide bonds. The number of benzene rings is 1. The van der Waals surface area contributed by atoms with Crippen molar-refractivity contribution in [1.29, 1.82) is 0 Å². The van der Waals surface area contributed by atoms with E-state index < -0.39 is 17.6 Å². The summed E-state index contributed by atoms with van der Waals surface area (Å²) in [5.41, 5.74) is 4.69. The molecule has 4 nitrogen and oxygen atoms in total. The van der Waals surface area contributed by atoms with Crippen molar-refractivity contribution in [1.82, 2.24) is 0 Å². The normalized spacial score (nSPS) is 15.0. The monoisotopic (exact) mass is 302 g/mol. The SMILES string of the molecule is Nc1cc(C(F)(F)F)ccc1NC(=O)COCCC1CC1. The molecule has 0 radical (unpaired) electrons. The number of anilines is 2. The largest absolute Gasteiger partial charge is 0.416 e. The molecule has 0 saturated heterocycles. The Balaban J connectivity index is 1.82. The number of nitrogens with two attached hydrogens (primary N) is 1. The van der Waals surface area contributed by atoms with Gasteiger partial charge in [0.15, 0.2) is 0 Å². The number of hydrogen-bond donors (Lipinski definition) is 2. The molecule has 1 aromatic rings. The van der Waals surface area contributed by atoms with Crippen molar-refractivity contribution in [2.45, 2.75) is 25.4 Å². The van der Waals surface area contributed by atoms with Crippen LogP contribution in [-0.4, -0.2) is 19.1 Å². The molecule has 3 N–H and O–H groups in total. The first-order valence-corrected chi connectivity index (χ1v) is 6.70. The first kappa shape index (κ1) is 15.6. The van der Waals surface area contributed by atoms with Crippen molar-refractivity contribution in [3.8, 4) is 0 Å². The predicted molar refractivity (Wildman–Crippen MR) is 72.6 cm³/mol. The van der Waals surface area contributed by atoms with Crippen molar-refractivity contribution < 1.29 is 22.7 Å². The molecule has 0 bridgehead atoms. The van der Waals surface area contributed by atoms with E-state index in [0.717, 1.165) is 30.5 Å². The summed E-state index contributed by atoms with van der Waals surface area (Å²) in [6.45, 7) is 0.383. The van der Waals surface area contributed by atoms with Crippen LogP contribution in [0.1, 0.15) is 24.8 Å². The minimum atomic E-state index is -4.46. The molecule has 116 valence electrons. The Hall–Kier alpha value is -1.76. The van der Waals surface area contributed by atoms with E-state index in [0.29, 0.717) is 6.61 Å². The maximum atomic E-state index is 12.5. The molecule has 1 fully saturated rings. The summed E-state index contributed by atoms with van der Waals surface area (Å²) >= 11 is 0. The lowest BCUT2D eigenvalue weighted by molar-refractivity contribution is -0.137. The summed E-state index contributed by atoms with van der Waals surface area (Å²) in [6, 6.07) is 2.81. The van der Waals surface area contributed by atoms with Gasteiger partial charge < -0.3 is 15.8 Å². The number of amides is 1. The molecular formula is C14H17F3N2O2. The lowest BCUT2D eigenvalue weighted by Gasteiger charge is -2.12. The highest BCUT2D eigenvalue weighted by Gasteiger charge is 2.30. The van der Waals surface area contributed by atoms with Crippen molar-refractivity contribution in [2.75, 3.05) is 24.3 Å². The Morgan fingerprint density at radius 2 is 2.10 bits per heavy atom. The topological polar surface area (TPSA) is 64.3 Å². The third kappa shape index (κ3) is 4.93. The van der Waals surface area contributed by atoms with Crippen LogP contribution in [0.4, 0.5) is 24.5 Å². The van der Waals surface area contributed by atoms with Gasteiger partial charge in [-0.05, 0) is 30.5 Å². The highest BCUT2D eigenvalue weighted by Crippen LogP contribution is 2.33. The van der Waals surface area contributed by atoms with E-state index in [-0.39, 0.29) is 18.0 Å². The number of nitrogens with one attached hydrogen (secondary N) is 1. The van der Waals surface area contributed by atoms with Crippen LogP contribution in [0.2, 0.25) is 0 Å². The van der Waals surface area contributed by atoms with Gasteiger partial charge in [0.25, 0.3) is 0 Å². The van der Waals surface area contributed by atoms with Crippen molar-refractivity contribution in [2.24, 2.45) is 5.92 Å². The fourth-order valence-corrected chi connectivity index (χ4v) is 1.86. The highest BCUT2D eigenvalue weighted by molar-refractivity contribution is 5.94. The van der Waals surface area contributed by atoms with Gasteiger partial charge in [-0.15, -0.1) is 0 Å². The van der Waals surface area contributed by atoms with Crippen LogP contribution < -0.4 is 11.1 Å². The molecule has 0 unspecified atom stereocenters. The summed E-state index contributed by atoms with van der Waals surface area (Å²) in [7, 11) is 0. The smallest absolute Gasteiger partial charge is 0.397 e. The first-order valence-electron chi connectivity index (χ1n) is 6.70. The molecule has 0 heterocycles. The molecule has 21 heavy (non-hydrogen) atoms. The maximum absolute atomic E-state index is 12.5. The molecule has 1 aromatic carbocycles. The molecule has 0 aromatic heterocycles. The second-order valence-electron chi connectivity index (χ2n) is 5.13. The molecule has 1 aliphatic rings. The number of carbonyl (C=O) groups excluding carboxylic acids is 1. The molecule has 0 atom stereocenters. The van der Waals surface area contributed by atoms with Gasteiger partial charge in [0.05, 0.1) is 16.9 Å². The zero-order valence-electron chi connectivity index (χ0n) is 11.4. The summed E-state index contributed by atoms with van der Waals surface area (Å²) in [6.07, 6.45) is -1.08. The minimum Gasteiger partial charge on any atom is -0.397 e. The zero-order chi connectivity index (χ0) is 15.5. The molecule has 2 rings (SSSR count). The molecule has 0 spiro atoms. The van der Waals surface area contributed by atoms with E-state index in [1.54, 1.807) is 0 Å². The van der Waals surface area contributed by atoms with Crippen molar-refractivity contribution in [3.05, 3.63) is 23.8 Å². The summed E-state index contributed by atoms with van der Waals surface area (Å²) < 4.78 is 42.6. The third-order valence-corrected chi connectivity index (χ3v) is 3.25. The van der Waals surface area contributed by atoms with Gasteiger partial charge in [0.2, 0.25) is 5.91 Å². The Labute approximate surface area is 120 Å². The van der Waals surface area contributed by atoms with Gasteiger partial charge in [-0.25, -0.2) is 0 Å². The average molecular weight is 302 g/mol. The van der Waals surface area contributed by atoms with Crippen LogP contribution >= 0.6 is 0 Å². The third-order valence-electron chi connectivity index (χ3n) is 3.25. The zero-order valence-corrected chi connectivity index (χ0v) is 11.4. The maximum Gasteiger partial charge on any atom is 0.416 e. The van der Waals surface area contributed by atoms with Crippen LogP contribution in [0.25, 0.3) is 0 Å². The van der Waals surface area contributed by atoms with Crippen LogP contribution in [0.3, 0.4) is 0 Å².